The van der Waals surface area contributed by atoms with Crippen molar-refractivity contribution in [3.8, 4) is 0 Å². The van der Waals surface area contributed by atoms with Gasteiger partial charge in [0.25, 0.3) is 0 Å². The van der Waals surface area contributed by atoms with Gasteiger partial charge < -0.3 is 111 Å². The predicted molar refractivity (Wildman–Crippen MR) is 541 cm³/mol. The highest BCUT2D eigenvalue weighted by Gasteiger charge is 2.39. The van der Waals surface area contributed by atoms with Crippen LogP contribution in [0.4, 0.5) is 0 Å². The second kappa shape index (κ2) is 65.9. The maximum atomic E-state index is 12.4. The molecule has 0 aromatic rings. The molecule has 19 unspecified atom stereocenters. The number of β-amino-alcohol motifs (C(OH)–C–C–N with tert-alkyl or cyclic N) is 1. The summed E-state index contributed by atoms with van der Waals surface area (Å²) in [7, 11) is 24.1. The maximum Gasteiger partial charge on any atom is 0.325 e. The maximum absolute atomic E-state index is 12.4. The van der Waals surface area contributed by atoms with Gasteiger partial charge in [-0.3, -0.25) is 48.1 Å². The van der Waals surface area contributed by atoms with Crippen molar-refractivity contribution in [3.63, 3.8) is 0 Å². The summed E-state index contributed by atoms with van der Waals surface area (Å²) in [6, 6.07) is -0.210. The number of rotatable bonds is 27. The monoisotopic (exact) mass is 1920 g/mol. The molecule has 11 aliphatic rings. The standard InChI is InChI=1S/C14H30N4O.2C14H26N2O2.C13H24N2OS.C13H26N2O.C11H20N2O3.2C11H22N2O2/c1-12-6-7-18(14(19)13(10-12)15-2)11-17(5)9-8-16(3)4;1-11-3-6-16(14(17)13(9-11)15-2)10-12-4-7-18-8-5-12;1-11-5-6-16(14(17)13(8-11)15-2)9-12-4-3-7-18-10-12;1-10-3-5-15(8-11-4-6-17-9-11)13(16)12(7-10)14-2;1-10-6-7-15(9-13(2,3)4)12(16)11(8-10)14-5;1-8-4-5-13(7-10(14)16-3)11(15)9(6-8)12-2;1-8-4-5-13(7-9(2)14)11(15)10(6-8)12-3;1-9-4-5-13(6-7-15-3)11(14)10(8-9)12-2/h12-13,15H,6-11H2,1-5H3;2*11-13,15H,3-10H2,1-2H3;10-12,14H,3-9H2,1-2H3;10-11,14H,6-9H2,1-5H3;8-9,12H,4-7H2,1-3H3;8-10,12,14H,4-7H2,1-3H3;9-10,12H,4-8H2,1-3H3. The number of hydrogen-bond acceptors (Lipinski definition) is 25. The molecule has 0 aromatic heterocycles. The van der Waals surface area contributed by atoms with Crippen LogP contribution in [0.15, 0.2) is 0 Å². The van der Waals surface area contributed by atoms with Crippen molar-refractivity contribution in [2.75, 3.05) is 254 Å². The Morgan fingerprint density at radius 3 is 1.09 bits per heavy atom. The third kappa shape index (κ3) is 45.7. The Morgan fingerprint density at radius 2 is 0.746 bits per heavy atom. The zero-order chi connectivity index (χ0) is 99.7. The van der Waals surface area contributed by atoms with Gasteiger partial charge >= 0.3 is 5.97 Å². The van der Waals surface area contributed by atoms with Crippen molar-refractivity contribution in [1.29, 1.82) is 0 Å². The Morgan fingerprint density at radius 1 is 0.418 bits per heavy atom. The fourth-order valence-electron chi connectivity index (χ4n) is 19.5. The van der Waals surface area contributed by atoms with Crippen molar-refractivity contribution in [1.82, 2.24) is 91.5 Å². The molecule has 134 heavy (non-hydrogen) atoms. The van der Waals surface area contributed by atoms with Gasteiger partial charge in [-0.25, -0.2) is 0 Å². The average molecular weight is 1920 g/mol. The molecule has 11 aliphatic heterocycles. The molecule has 8 amide bonds. The first kappa shape index (κ1) is 121. The van der Waals surface area contributed by atoms with Crippen LogP contribution in [0, 0.1) is 70.5 Å². The van der Waals surface area contributed by atoms with Crippen molar-refractivity contribution < 1.29 is 67.2 Å². The lowest BCUT2D eigenvalue weighted by Crippen LogP contribution is -2.48. The fourth-order valence-corrected chi connectivity index (χ4v) is 20.8. The molecule has 33 heteroatoms. The van der Waals surface area contributed by atoms with Gasteiger partial charge in [-0.05, 0) is 301 Å². The molecule has 0 bridgehead atoms. The second-order valence-corrected chi connectivity index (χ2v) is 43.9. The zero-order valence-electron chi connectivity index (χ0n) is 88.7. The number of likely N-dealkylation sites (N-methyl/N-ethyl adjacent to an activating group) is 10. The minimum atomic E-state index is -0.445. The van der Waals surface area contributed by atoms with E-state index in [1.54, 1.807) is 30.9 Å². The lowest BCUT2D eigenvalue weighted by Gasteiger charge is -2.30. The van der Waals surface area contributed by atoms with Crippen LogP contribution in [0.3, 0.4) is 0 Å². The summed E-state index contributed by atoms with van der Waals surface area (Å²) in [4.78, 5) is 129. The number of carbonyl (C=O) groups is 9. The number of methoxy groups -OCH3 is 2. The third-order valence-corrected chi connectivity index (χ3v) is 29.8. The fraction of sp³-hybridized carbons (Fsp3) is 0.911. The van der Waals surface area contributed by atoms with Crippen LogP contribution in [-0.4, -0.2) is 416 Å². The first-order valence-electron chi connectivity index (χ1n) is 51.7. The molecule has 0 saturated carbocycles. The number of carbonyl (C=O) groups excluding carboxylic acids is 9. The van der Waals surface area contributed by atoms with E-state index in [2.05, 4.69) is 169 Å². The largest absolute Gasteiger partial charge is 0.468 e. The van der Waals surface area contributed by atoms with Crippen molar-refractivity contribution in [3.05, 3.63) is 0 Å². The average Bonchev–Trinajstić information content (AvgIpc) is 1.77. The highest BCUT2D eigenvalue weighted by atomic mass is 32.2. The topological polar surface area (TPSA) is 339 Å². The highest BCUT2D eigenvalue weighted by Crippen LogP contribution is 2.31. The summed E-state index contributed by atoms with van der Waals surface area (Å²) in [6.07, 6.45) is 21.6. The number of aliphatic hydroxyl groups is 1. The molecule has 0 aliphatic carbocycles. The summed E-state index contributed by atoms with van der Waals surface area (Å²) in [5, 5.41) is 34.3. The number of hydrogen-bond donors (Lipinski definition) is 9. The Labute approximate surface area is 816 Å². The molecular formula is C101H196N18O14S. The SMILES string of the molecule is CNC1CC(C)CCN(CC(=O)OC)C1=O.CNC1CC(C)CCN(CC(C)(C)C)C1=O.CNC1CC(C)CCN(CC(C)O)C1=O.CNC1CC(C)CCN(CC2CCCOC2)C1=O.CNC1CC(C)CCN(CC2CCOCC2)C1=O.CNC1CC(C)CCN(CC2CCSC2)C1=O.CNC1CC(C)CCN(CCOC)C1=O.CNC1CC(C)CCN(CN(C)CCN(C)C)C1=O. The van der Waals surface area contributed by atoms with E-state index in [0.717, 1.165) is 246 Å². The van der Waals surface area contributed by atoms with Crippen LogP contribution in [0.25, 0.3) is 0 Å². The van der Waals surface area contributed by atoms with Crippen LogP contribution < -0.4 is 42.5 Å². The number of amides is 8. The van der Waals surface area contributed by atoms with E-state index in [-0.39, 0.29) is 102 Å². The number of aliphatic hydroxyl groups excluding tert-OH is 1. The Kier molecular flexibility index (Phi) is 59.7. The van der Waals surface area contributed by atoms with E-state index in [4.69, 9.17) is 14.2 Å². The molecule has 11 fully saturated rings. The summed E-state index contributed by atoms with van der Waals surface area (Å²) in [5.74, 6) is 10.7. The first-order valence-corrected chi connectivity index (χ1v) is 52.8. The molecule has 0 spiro atoms. The predicted octanol–water partition coefficient (Wildman–Crippen LogP) is 6.97. The van der Waals surface area contributed by atoms with E-state index in [1.807, 2.05) is 75.8 Å². The van der Waals surface area contributed by atoms with Crippen LogP contribution in [0.1, 0.15) is 218 Å². The minimum Gasteiger partial charge on any atom is -0.468 e. The van der Waals surface area contributed by atoms with Crippen LogP contribution >= 0.6 is 11.8 Å². The molecule has 780 valence electrons. The van der Waals surface area contributed by atoms with E-state index < -0.39 is 6.10 Å². The number of esters is 1. The highest BCUT2D eigenvalue weighted by molar-refractivity contribution is 7.99. The zero-order valence-corrected chi connectivity index (χ0v) is 89.5. The van der Waals surface area contributed by atoms with Crippen LogP contribution in [-0.2, 0) is 62.1 Å². The van der Waals surface area contributed by atoms with Crippen molar-refractivity contribution >= 4 is 65.0 Å². The summed E-state index contributed by atoms with van der Waals surface area (Å²) in [5.41, 5.74) is 0.182. The normalized spacial score (nSPS) is 29.9. The van der Waals surface area contributed by atoms with Gasteiger partial charge in [0.15, 0.2) is 0 Å². The first-order chi connectivity index (χ1) is 63.7. The Hall–Kier alpha value is -4.98. The molecule has 32 nitrogen and oxygen atoms in total. The third-order valence-electron chi connectivity index (χ3n) is 28.6. The van der Waals surface area contributed by atoms with Gasteiger partial charge in [-0.15, -0.1) is 0 Å². The van der Waals surface area contributed by atoms with Crippen LogP contribution in [0.5, 0.6) is 0 Å². The number of likely N-dealkylation sites (tertiary alicyclic amines) is 8. The van der Waals surface area contributed by atoms with Gasteiger partial charge in [0.2, 0.25) is 47.3 Å². The van der Waals surface area contributed by atoms with Crippen molar-refractivity contribution in [2.24, 2.45) is 70.5 Å². The number of nitrogens with zero attached hydrogens (tertiary/aromatic N) is 10. The molecule has 0 radical (unpaired) electrons. The van der Waals surface area contributed by atoms with Gasteiger partial charge in [-0.1, -0.05) is 76.2 Å². The van der Waals surface area contributed by atoms with Gasteiger partial charge in [-0.2, -0.15) is 11.8 Å². The summed E-state index contributed by atoms with van der Waals surface area (Å²) < 4.78 is 20.5. The lowest BCUT2D eigenvalue weighted by molar-refractivity contribution is -0.147. The van der Waals surface area contributed by atoms with Crippen molar-refractivity contribution in [2.45, 2.75) is 272 Å². The lowest BCUT2D eigenvalue weighted by atomic mass is 9.96. The van der Waals surface area contributed by atoms with E-state index in [9.17, 15) is 48.3 Å². The minimum absolute atomic E-state index is 0.00255. The molecule has 19 atom stereocenters. The summed E-state index contributed by atoms with van der Waals surface area (Å²) in [6.45, 7) is 44.5. The van der Waals surface area contributed by atoms with Gasteiger partial charge in [0.1, 0.15) is 6.54 Å². The van der Waals surface area contributed by atoms with Crippen LogP contribution in [0.2, 0.25) is 0 Å². The summed E-state index contributed by atoms with van der Waals surface area (Å²) >= 11 is 2.03. The molecule has 0 aromatic carbocycles. The number of nitrogens with one attached hydrogen (secondary N) is 8. The second-order valence-electron chi connectivity index (χ2n) is 42.7. The number of thioether (sulfide) groups is 1. The molecule has 11 heterocycles. The molecule has 11 saturated heterocycles. The van der Waals surface area contributed by atoms with E-state index >= 15 is 0 Å². The van der Waals surface area contributed by atoms with Gasteiger partial charge in [0.05, 0.1) is 81.4 Å². The van der Waals surface area contributed by atoms with Gasteiger partial charge in [0, 0.05) is 132 Å². The Bertz CT molecular complexity index is 3240. The Balaban J connectivity index is 0.000000321. The van der Waals surface area contributed by atoms with E-state index in [1.165, 1.54) is 31.5 Å². The molecule has 9 N–H and O–H groups in total. The molecular weight excluding hydrogens is 1720 g/mol. The quantitative estimate of drug-likeness (QED) is 0.0375. The smallest absolute Gasteiger partial charge is 0.325 e. The molecule has 11 rings (SSSR count). The number of ether oxygens (including phenoxy) is 4. The van der Waals surface area contributed by atoms with E-state index in [0.29, 0.717) is 97.2 Å².